The van der Waals surface area contributed by atoms with E-state index in [1.54, 1.807) is 18.2 Å². The van der Waals surface area contributed by atoms with Gasteiger partial charge in [-0.1, -0.05) is 6.07 Å². The highest BCUT2D eigenvalue weighted by atomic mass is 19.1. The van der Waals surface area contributed by atoms with E-state index in [1.807, 2.05) is 0 Å². The summed E-state index contributed by atoms with van der Waals surface area (Å²) in [6.45, 7) is 0.369. The average Bonchev–Trinajstić information content (AvgIpc) is 2.17. The molecule has 2 nitrogen and oxygen atoms in total. The molecule has 0 saturated heterocycles. The predicted molar refractivity (Wildman–Crippen MR) is 48.9 cm³/mol. The molecular weight excluding hydrogens is 167 g/mol. The lowest BCUT2D eigenvalue weighted by Crippen LogP contribution is -1.97. The molecule has 0 aliphatic carbocycles. The number of hydrogen-bond acceptors (Lipinski definition) is 2. The number of allylic oxidation sites excluding steroid dienone is 1. The molecule has 1 aromatic carbocycles. The normalized spacial score (nSPS) is 10.2. The molecule has 0 radical (unpaired) electrons. The van der Waals surface area contributed by atoms with Crippen molar-refractivity contribution in [1.82, 2.24) is 0 Å². The van der Waals surface area contributed by atoms with Crippen LogP contribution < -0.4 is 5.73 Å². The van der Waals surface area contributed by atoms with Crippen molar-refractivity contribution in [2.24, 2.45) is 5.73 Å². The molecule has 0 unspecified atom stereocenters. The van der Waals surface area contributed by atoms with Crippen molar-refractivity contribution in [1.29, 1.82) is 5.26 Å². The van der Waals surface area contributed by atoms with E-state index in [0.717, 1.165) is 5.56 Å². The molecule has 0 bridgehead atoms. The van der Waals surface area contributed by atoms with Crippen LogP contribution in [0.5, 0.6) is 0 Å². The molecule has 66 valence electrons. The summed E-state index contributed by atoms with van der Waals surface area (Å²) >= 11 is 0. The Labute approximate surface area is 76.1 Å². The number of halogens is 1. The van der Waals surface area contributed by atoms with Crippen molar-refractivity contribution in [2.45, 2.75) is 6.54 Å². The molecule has 2 N–H and O–H groups in total. The lowest BCUT2D eigenvalue weighted by Gasteiger charge is -1.99. The van der Waals surface area contributed by atoms with Crippen LogP contribution >= 0.6 is 0 Å². The molecule has 0 aliphatic rings. The zero-order valence-corrected chi connectivity index (χ0v) is 7.00. The molecule has 0 atom stereocenters. The van der Waals surface area contributed by atoms with Crippen molar-refractivity contribution in [3.8, 4) is 6.07 Å². The van der Waals surface area contributed by atoms with Gasteiger partial charge in [0.05, 0.1) is 6.07 Å². The topological polar surface area (TPSA) is 49.8 Å². The maximum absolute atomic E-state index is 13.0. The molecular formula is C10H9FN2. The van der Waals surface area contributed by atoms with Gasteiger partial charge in [0.15, 0.2) is 0 Å². The van der Waals surface area contributed by atoms with E-state index < -0.39 is 0 Å². The molecule has 1 aromatic rings. The summed E-state index contributed by atoms with van der Waals surface area (Å²) < 4.78 is 13.0. The fourth-order valence-electron chi connectivity index (χ4n) is 0.975. The fraction of sp³-hybridized carbons (Fsp3) is 0.100. The minimum Gasteiger partial charge on any atom is -0.326 e. The van der Waals surface area contributed by atoms with Gasteiger partial charge < -0.3 is 5.73 Å². The van der Waals surface area contributed by atoms with Crippen LogP contribution in [-0.2, 0) is 6.54 Å². The number of nitrogens with zero attached hydrogens (tertiary/aromatic N) is 1. The van der Waals surface area contributed by atoms with Crippen LogP contribution in [0.1, 0.15) is 11.1 Å². The Morgan fingerprint density at radius 2 is 2.31 bits per heavy atom. The second-order valence-electron chi connectivity index (χ2n) is 2.52. The number of hydrogen-bond donors (Lipinski definition) is 1. The zero-order valence-electron chi connectivity index (χ0n) is 7.00. The SMILES string of the molecule is N#CC=Cc1cc(CN)ccc1F. The number of nitrogens with two attached hydrogens (primary N) is 1. The van der Waals surface area contributed by atoms with Gasteiger partial charge in [-0.15, -0.1) is 0 Å². The summed E-state index contributed by atoms with van der Waals surface area (Å²) in [5.41, 5.74) is 6.63. The van der Waals surface area contributed by atoms with Gasteiger partial charge in [-0.3, -0.25) is 0 Å². The molecule has 0 heterocycles. The van der Waals surface area contributed by atoms with Gasteiger partial charge in [0, 0.05) is 18.2 Å². The quantitative estimate of drug-likeness (QED) is 0.699. The standard InChI is InChI=1S/C10H9FN2/c11-10-4-3-8(7-13)6-9(10)2-1-5-12/h1-4,6H,7,13H2. The van der Waals surface area contributed by atoms with Crippen molar-refractivity contribution < 1.29 is 4.39 Å². The Kier molecular flexibility index (Phi) is 3.18. The largest absolute Gasteiger partial charge is 0.326 e. The van der Waals surface area contributed by atoms with E-state index in [1.165, 1.54) is 18.2 Å². The van der Waals surface area contributed by atoms with Gasteiger partial charge in [-0.05, 0) is 23.8 Å². The van der Waals surface area contributed by atoms with E-state index in [0.29, 0.717) is 12.1 Å². The molecule has 0 saturated carbocycles. The van der Waals surface area contributed by atoms with Gasteiger partial charge in [0.2, 0.25) is 0 Å². The fourth-order valence-corrected chi connectivity index (χ4v) is 0.975. The third-order valence-corrected chi connectivity index (χ3v) is 1.63. The van der Waals surface area contributed by atoms with Crippen molar-refractivity contribution >= 4 is 6.08 Å². The minimum atomic E-state index is -0.344. The van der Waals surface area contributed by atoms with Gasteiger partial charge in [-0.25, -0.2) is 4.39 Å². The van der Waals surface area contributed by atoms with E-state index >= 15 is 0 Å². The predicted octanol–water partition coefficient (Wildman–Crippen LogP) is 1.82. The first-order valence-electron chi connectivity index (χ1n) is 3.82. The molecule has 13 heavy (non-hydrogen) atoms. The highest BCUT2D eigenvalue weighted by Gasteiger charge is 1.98. The first kappa shape index (κ1) is 9.43. The number of rotatable bonds is 2. The first-order valence-corrected chi connectivity index (χ1v) is 3.82. The lowest BCUT2D eigenvalue weighted by atomic mass is 10.1. The van der Waals surface area contributed by atoms with Crippen LogP contribution in [0.3, 0.4) is 0 Å². The van der Waals surface area contributed by atoms with E-state index in [4.69, 9.17) is 11.0 Å². The van der Waals surface area contributed by atoms with Gasteiger partial charge in [0.1, 0.15) is 5.82 Å². The molecule has 0 spiro atoms. The first-order chi connectivity index (χ1) is 6.27. The van der Waals surface area contributed by atoms with Gasteiger partial charge in [0.25, 0.3) is 0 Å². The Bertz CT molecular complexity index is 364. The summed E-state index contributed by atoms with van der Waals surface area (Å²) in [5.74, 6) is -0.344. The van der Waals surface area contributed by atoms with E-state index in [9.17, 15) is 4.39 Å². The summed E-state index contributed by atoms with van der Waals surface area (Å²) in [7, 11) is 0. The Morgan fingerprint density at radius 3 is 2.92 bits per heavy atom. The molecule has 0 amide bonds. The maximum atomic E-state index is 13.0. The maximum Gasteiger partial charge on any atom is 0.130 e. The average molecular weight is 176 g/mol. The molecule has 0 fully saturated rings. The van der Waals surface area contributed by atoms with E-state index in [2.05, 4.69) is 0 Å². The molecule has 0 aliphatic heterocycles. The van der Waals surface area contributed by atoms with Crippen LogP contribution in [0, 0.1) is 17.1 Å². The minimum absolute atomic E-state index is 0.344. The van der Waals surface area contributed by atoms with Crippen molar-refractivity contribution in [2.75, 3.05) is 0 Å². The summed E-state index contributed by atoms with van der Waals surface area (Å²) in [4.78, 5) is 0. The highest BCUT2D eigenvalue weighted by Crippen LogP contribution is 2.11. The van der Waals surface area contributed by atoms with Crippen molar-refractivity contribution in [3.63, 3.8) is 0 Å². The van der Waals surface area contributed by atoms with Gasteiger partial charge in [-0.2, -0.15) is 5.26 Å². The summed E-state index contributed by atoms with van der Waals surface area (Å²) in [6.07, 6.45) is 2.66. The van der Waals surface area contributed by atoms with Crippen LogP contribution in [0.4, 0.5) is 4.39 Å². The highest BCUT2D eigenvalue weighted by molar-refractivity contribution is 5.53. The zero-order chi connectivity index (χ0) is 9.68. The Balaban J connectivity index is 3.05. The lowest BCUT2D eigenvalue weighted by molar-refractivity contribution is 0.624. The second kappa shape index (κ2) is 4.39. The smallest absolute Gasteiger partial charge is 0.130 e. The van der Waals surface area contributed by atoms with Crippen LogP contribution in [0.15, 0.2) is 24.3 Å². The van der Waals surface area contributed by atoms with Crippen LogP contribution in [0.25, 0.3) is 6.08 Å². The summed E-state index contributed by atoms with van der Waals surface area (Å²) in [6, 6.07) is 6.40. The van der Waals surface area contributed by atoms with Gasteiger partial charge >= 0.3 is 0 Å². The van der Waals surface area contributed by atoms with Crippen LogP contribution in [0.2, 0.25) is 0 Å². The number of benzene rings is 1. The Morgan fingerprint density at radius 1 is 1.54 bits per heavy atom. The second-order valence-corrected chi connectivity index (χ2v) is 2.52. The summed E-state index contributed by atoms with van der Waals surface area (Å²) in [5, 5.41) is 8.26. The third kappa shape index (κ3) is 2.39. The molecule has 3 heteroatoms. The Hall–Kier alpha value is -1.66. The molecule has 1 rings (SSSR count). The van der Waals surface area contributed by atoms with Crippen molar-refractivity contribution in [3.05, 3.63) is 41.2 Å². The molecule has 0 aromatic heterocycles. The third-order valence-electron chi connectivity index (χ3n) is 1.63. The van der Waals surface area contributed by atoms with Crippen LogP contribution in [-0.4, -0.2) is 0 Å². The number of nitriles is 1. The monoisotopic (exact) mass is 176 g/mol. The van der Waals surface area contributed by atoms with E-state index in [-0.39, 0.29) is 5.82 Å².